The zero-order chi connectivity index (χ0) is 22.8. The summed E-state index contributed by atoms with van der Waals surface area (Å²) in [6.07, 6.45) is -1.66. The summed E-state index contributed by atoms with van der Waals surface area (Å²) >= 11 is 0. The first-order chi connectivity index (χ1) is 15.6. The van der Waals surface area contributed by atoms with Crippen LogP contribution < -0.4 is 9.47 Å². The molecule has 0 spiro atoms. The molecule has 1 aliphatic heterocycles. The lowest BCUT2D eigenvalue weighted by atomic mass is 10.3. The summed E-state index contributed by atoms with van der Waals surface area (Å²) in [4.78, 5) is 21.0. The van der Waals surface area contributed by atoms with Crippen LogP contribution in [0, 0.1) is 20.2 Å². The molecule has 0 unspecified atom stereocenters. The fourth-order valence-electron chi connectivity index (χ4n) is 2.83. The van der Waals surface area contributed by atoms with Gasteiger partial charge in [0.25, 0.3) is 0 Å². The molecule has 12 nitrogen and oxygen atoms in total. The summed E-state index contributed by atoms with van der Waals surface area (Å²) in [5.41, 5.74) is -0.269. The van der Waals surface area contributed by atoms with Crippen LogP contribution in [0.15, 0.2) is 48.5 Å². The van der Waals surface area contributed by atoms with Gasteiger partial charge in [-0.2, -0.15) is 0 Å². The summed E-state index contributed by atoms with van der Waals surface area (Å²) in [7, 11) is 0. The monoisotopic (exact) mass is 450 g/mol. The molecule has 1 saturated heterocycles. The quantitative estimate of drug-likeness (QED) is 0.269. The van der Waals surface area contributed by atoms with Gasteiger partial charge in [0.2, 0.25) is 12.6 Å². The second-order valence-electron chi connectivity index (χ2n) is 6.37. The maximum absolute atomic E-state index is 11.0. The number of nitro benzene ring substituents is 2. The normalized spacial score (nSPS) is 18.1. The molecule has 2 atom stereocenters. The van der Waals surface area contributed by atoms with E-state index in [1.54, 1.807) is 24.3 Å². The summed E-state index contributed by atoms with van der Waals surface area (Å²) in [5.74, 6) is 0.281. The summed E-state index contributed by atoms with van der Waals surface area (Å²) in [6.45, 7) is 0.875. The average Bonchev–Trinajstić information content (AvgIpc) is 2.80. The smallest absolute Gasteiger partial charge is 0.310 e. The molecule has 172 valence electrons. The molecule has 12 heteroatoms. The number of para-hydroxylation sites is 4. The summed E-state index contributed by atoms with van der Waals surface area (Å²) < 4.78 is 33.0. The number of rotatable bonds is 12. The molecule has 1 fully saturated rings. The van der Waals surface area contributed by atoms with E-state index in [0.717, 1.165) is 0 Å². The number of benzene rings is 2. The largest absolute Gasteiger partial charge is 0.484 e. The van der Waals surface area contributed by atoms with Crippen molar-refractivity contribution in [2.75, 3.05) is 39.6 Å². The molecule has 0 aliphatic carbocycles. The highest BCUT2D eigenvalue weighted by molar-refractivity contribution is 5.46. The Morgan fingerprint density at radius 2 is 1.12 bits per heavy atom. The second-order valence-corrected chi connectivity index (χ2v) is 6.37. The Kier molecular flexibility index (Phi) is 8.69. The van der Waals surface area contributed by atoms with Crippen molar-refractivity contribution in [3.8, 4) is 11.5 Å². The van der Waals surface area contributed by atoms with E-state index in [9.17, 15) is 20.2 Å². The van der Waals surface area contributed by atoms with Gasteiger partial charge in [0.05, 0.1) is 36.3 Å². The Bertz CT molecular complexity index is 836. The molecule has 0 N–H and O–H groups in total. The molecule has 2 aromatic rings. The molecule has 2 aromatic carbocycles. The molecule has 0 bridgehead atoms. The molecule has 0 amide bonds. The number of nitrogens with zero attached hydrogens (tertiary/aromatic N) is 2. The topological polar surface area (TPSA) is 142 Å². The van der Waals surface area contributed by atoms with Gasteiger partial charge >= 0.3 is 11.4 Å². The van der Waals surface area contributed by atoms with Crippen LogP contribution in [0.2, 0.25) is 0 Å². The van der Waals surface area contributed by atoms with Crippen molar-refractivity contribution in [2.45, 2.75) is 12.6 Å². The maximum atomic E-state index is 11.0. The zero-order valence-electron chi connectivity index (χ0n) is 17.0. The zero-order valence-corrected chi connectivity index (χ0v) is 17.0. The molecule has 3 rings (SSSR count). The van der Waals surface area contributed by atoms with Crippen LogP contribution in [0.25, 0.3) is 0 Å². The SMILES string of the molecule is O=[N+]([O-])c1ccccc1OCCO[C@@H]1OCCO[C@@H]1OCCOc1ccccc1[N+](=O)[O-]. The lowest BCUT2D eigenvalue weighted by Gasteiger charge is -2.31. The number of ether oxygens (including phenoxy) is 6. The van der Waals surface area contributed by atoms with Gasteiger partial charge in [-0.05, 0) is 12.1 Å². The summed E-state index contributed by atoms with van der Waals surface area (Å²) in [5, 5.41) is 22.0. The Morgan fingerprint density at radius 3 is 1.53 bits per heavy atom. The van der Waals surface area contributed by atoms with Crippen LogP contribution in [-0.2, 0) is 18.9 Å². The fraction of sp³-hybridized carbons (Fsp3) is 0.400. The summed E-state index contributed by atoms with van der Waals surface area (Å²) in [6, 6.07) is 12.1. The standard InChI is InChI=1S/C20H22N2O10/c23-21(24)15-5-1-3-7-17(15)27-9-11-29-19-20(32-14-13-31-19)30-12-10-28-18-8-4-2-6-16(18)22(25)26/h1-8,19-20H,9-14H2/t19-,20+. The Morgan fingerprint density at radius 1 is 0.719 bits per heavy atom. The van der Waals surface area contributed by atoms with Gasteiger partial charge in [-0.1, -0.05) is 24.3 Å². The lowest BCUT2D eigenvalue weighted by Crippen LogP contribution is -2.43. The third kappa shape index (κ3) is 6.59. The van der Waals surface area contributed by atoms with Gasteiger partial charge in [-0.3, -0.25) is 20.2 Å². The van der Waals surface area contributed by atoms with Crippen molar-refractivity contribution in [2.24, 2.45) is 0 Å². The van der Waals surface area contributed by atoms with Gasteiger partial charge in [0.15, 0.2) is 11.5 Å². The van der Waals surface area contributed by atoms with Crippen LogP contribution in [0.3, 0.4) is 0 Å². The predicted molar refractivity (Wildman–Crippen MR) is 109 cm³/mol. The van der Waals surface area contributed by atoms with Gasteiger partial charge in [-0.15, -0.1) is 0 Å². The van der Waals surface area contributed by atoms with Crippen molar-refractivity contribution in [3.05, 3.63) is 68.8 Å². The van der Waals surface area contributed by atoms with Crippen LogP contribution in [0.5, 0.6) is 11.5 Å². The number of hydrogen-bond acceptors (Lipinski definition) is 10. The molecule has 0 saturated carbocycles. The third-order valence-electron chi connectivity index (χ3n) is 4.24. The highest BCUT2D eigenvalue weighted by Crippen LogP contribution is 2.26. The van der Waals surface area contributed by atoms with Gasteiger partial charge in [0.1, 0.15) is 13.2 Å². The molecule has 32 heavy (non-hydrogen) atoms. The van der Waals surface area contributed by atoms with Gasteiger partial charge in [-0.25, -0.2) is 0 Å². The van der Waals surface area contributed by atoms with Crippen molar-refractivity contribution < 1.29 is 38.3 Å². The van der Waals surface area contributed by atoms with E-state index in [1.807, 2.05) is 0 Å². The predicted octanol–water partition coefficient (Wildman–Crippen LogP) is 2.69. The van der Waals surface area contributed by atoms with Gasteiger partial charge in [0, 0.05) is 12.1 Å². The van der Waals surface area contributed by atoms with E-state index in [0.29, 0.717) is 13.2 Å². The molecule has 1 heterocycles. The minimum Gasteiger partial charge on any atom is -0.484 e. The van der Waals surface area contributed by atoms with Crippen LogP contribution in [-0.4, -0.2) is 62.1 Å². The lowest BCUT2D eigenvalue weighted by molar-refractivity contribution is -0.386. The average molecular weight is 450 g/mol. The second kappa shape index (κ2) is 11.9. The van der Waals surface area contributed by atoms with Crippen LogP contribution >= 0.6 is 0 Å². The van der Waals surface area contributed by atoms with Crippen LogP contribution in [0.1, 0.15) is 0 Å². The molecular weight excluding hydrogens is 428 g/mol. The van der Waals surface area contributed by atoms with E-state index in [1.165, 1.54) is 24.3 Å². The van der Waals surface area contributed by atoms with Crippen molar-refractivity contribution in [1.82, 2.24) is 0 Å². The molecule has 0 radical (unpaired) electrons. The van der Waals surface area contributed by atoms with E-state index < -0.39 is 22.4 Å². The number of hydrogen-bond donors (Lipinski definition) is 0. The van der Waals surface area contributed by atoms with E-state index in [2.05, 4.69) is 0 Å². The third-order valence-corrected chi connectivity index (χ3v) is 4.24. The Hall–Kier alpha value is -3.32. The minimum absolute atomic E-state index is 0.0538. The van der Waals surface area contributed by atoms with E-state index >= 15 is 0 Å². The maximum Gasteiger partial charge on any atom is 0.310 e. The first-order valence-corrected chi connectivity index (χ1v) is 9.75. The minimum atomic E-state index is -0.829. The molecular formula is C20H22N2O10. The van der Waals surface area contributed by atoms with Crippen molar-refractivity contribution >= 4 is 11.4 Å². The van der Waals surface area contributed by atoms with E-state index in [-0.39, 0.29) is 49.3 Å². The molecule has 0 aromatic heterocycles. The first kappa shape index (κ1) is 23.3. The highest BCUT2D eigenvalue weighted by atomic mass is 16.8. The number of nitro groups is 2. The van der Waals surface area contributed by atoms with Gasteiger partial charge < -0.3 is 28.4 Å². The Balaban J connectivity index is 1.41. The first-order valence-electron chi connectivity index (χ1n) is 9.75. The molecule has 1 aliphatic rings. The van der Waals surface area contributed by atoms with Crippen molar-refractivity contribution in [1.29, 1.82) is 0 Å². The Labute approximate surface area is 182 Å². The van der Waals surface area contributed by atoms with E-state index in [4.69, 9.17) is 28.4 Å². The fourth-order valence-corrected chi connectivity index (χ4v) is 2.83. The van der Waals surface area contributed by atoms with Crippen molar-refractivity contribution in [3.63, 3.8) is 0 Å². The van der Waals surface area contributed by atoms with Crippen LogP contribution in [0.4, 0.5) is 11.4 Å². The highest BCUT2D eigenvalue weighted by Gasteiger charge is 2.28.